The van der Waals surface area contributed by atoms with Gasteiger partial charge in [0.25, 0.3) is 0 Å². The zero-order chi connectivity index (χ0) is 17.6. The Hall–Kier alpha value is -2.53. The van der Waals surface area contributed by atoms with Crippen LogP contribution in [0.25, 0.3) is 31.3 Å². The largest absolute Gasteiger partial charge is 0.493 e. The van der Waals surface area contributed by atoms with E-state index in [2.05, 4.69) is 0 Å². The molecule has 0 N–H and O–H groups in total. The molecule has 0 atom stereocenters. The second-order valence-corrected chi connectivity index (χ2v) is 6.62. The van der Waals surface area contributed by atoms with Gasteiger partial charge in [-0.2, -0.15) is 0 Å². The quantitative estimate of drug-likeness (QED) is 0.404. The van der Waals surface area contributed by atoms with Gasteiger partial charge in [0.1, 0.15) is 23.2 Å². The molecule has 0 saturated heterocycles. The van der Waals surface area contributed by atoms with Gasteiger partial charge >= 0.3 is 0 Å². The van der Waals surface area contributed by atoms with Crippen LogP contribution in [0.15, 0.2) is 48.5 Å². The van der Waals surface area contributed by atoms with E-state index >= 15 is 4.39 Å². The van der Waals surface area contributed by atoms with Crippen LogP contribution >= 0.6 is 11.3 Å². The van der Waals surface area contributed by atoms with Crippen LogP contribution in [-0.4, -0.2) is 6.61 Å². The summed E-state index contributed by atoms with van der Waals surface area (Å²) in [5.41, 5.74) is 0.932. The van der Waals surface area contributed by atoms with Crippen molar-refractivity contribution in [1.82, 2.24) is 0 Å². The predicted octanol–water partition coefficient (Wildman–Crippen LogP) is 6.54. The molecule has 0 amide bonds. The number of rotatable bonds is 3. The second-order valence-electron chi connectivity index (χ2n) is 5.60. The lowest BCUT2D eigenvalue weighted by Crippen LogP contribution is -1.92. The maximum absolute atomic E-state index is 15.1. The molecule has 1 nitrogen and oxygen atoms in total. The molecule has 0 radical (unpaired) electrons. The number of hydrogen-bond acceptors (Lipinski definition) is 2. The van der Waals surface area contributed by atoms with Crippen molar-refractivity contribution in [3.63, 3.8) is 0 Å². The number of halogens is 3. The molecule has 0 aliphatic heterocycles. The van der Waals surface area contributed by atoms with Crippen molar-refractivity contribution in [3.8, 4) is 16.9 Å². The highest BCUT2D eigenvalue weighted by Gasteiger charge is 2.19. The topological polar surface area (TPSA) is 9.23 Å². The van der Waals surface area contributed by atoms with E-state index in [9.17, 15) is 8.78 Å². The van der Waals surface area contributed by atoms with Gasteiger partial charge in [-0.1, -0.05) is 24.3 Å². The predicted molar refractivity (Wildman–Crippen MR) is 95.8 cm³/mol. The fourth-order valence-electron chi connectivity index (χ4n) is 2.98. The summed E-state index contributed by atoms with van der Waals surface area (Å²) in [6, 6.07) is 11.9. The standard InChI is InChI=1S/C20H13F3OS/c1-2-24-16-10-9-15(22)20-17(16)14-8-7-13(18(23)19(14)25-20)11-3-5-12(21)6-4-11/h3-10H,2H2,1H3. The lowest BCUT2D eigenvalue weighted by molar-refractivity contribution is 0.344. The third-order valence-corrected chi connectivity index (χ3v) is 5.30. The van der Waals surface area contributed by atoms with Crippen molar-refractivity contribution in [2.24, 2.45) is 0 Å². The summed E-state index contributed by atoms with van der Waals surface area (Å²) >= 11 is 1.06. The molecule has 1 heterocycles. The van der Waals surface area contributed by atoms with Gasteiger partial charge in [0.15, 0.2) is 0 Å². The van der Waals surface area contributed by atoms with Crippen LogP contribution < -0.4 is 4.74 Å². The van der Waals surface area contributed by atoms with Crippen LogP contribution in [-0.2, 0) is 0 Å². The van der Waals surface area contributed by atoms with Gasteiger partial charge in [-0.25, -0.2) is 13.2 Å². The first-order chi connectivity index (χ1) is 12.1. The van der Waals surface area contributed by atoms with E-state index in [0.29, 0.717) is 43.7 Å². The van der Waals surface area contributed by atoms with E-state index in [1.807, 2.05) is 6.92 Å². The maximum Gasteiger partial charge on any atom is 0.148 e. The molecule has 5 heteroatoms. The fraction of sp³-hybridized carbons (Fsp3) is 0.100. The smallest absolute Gasteiger partial charge is 0.148 e. The highest BCUT2D eigenvalue weighted by atomic mass is 32.1. The molecule has 1 aromatic heterocycles. The SMILES string of the molecule is CCOc1ccc(F)c2sc3c(F)c(-c4ccc(F)cc4)ccc3c12. The summed E-state index contributed by atoms with van der Waals surface area (Å²) in [6.45, 7) is 2.28. The van der Waals surface area contributed by atoms with Crippen molar-refractivity contribution < 1.29 is 17.9 Å². The molecule has 0 saturated carbocycles. The molecule has 4 rings (SSSR count). The van der Waals surface area contributed by atoms with Crippen molar-refractivity contribution in [2.45, 2.75) is 6.92 Å². The lowest BCUT2D eigenvalue weighted by atomic mass is 10.0. The Labute approximate surface area is 146 Å². The van der Waals surface area contributed by atoms with Crippen LogP contribution in [0.1, 0.15) is 6.92 Å². The van der Waals surface area contributed by atoms with Gasteiger partial charge in [-0.15, -0.1) is 11.3 Å². The molecule has 0 bridgehead atoms. The van der Waals surface area contributed by atoms with Crippen LogP contribution in [0.3, 0.4) is 0 Å². The van der Waals surface area contributed by atoms with E-state index in [4.69, 9.17) is 4.74 Å². The van der Waals surface area contributed by atoms with E-state index in [1.54, 1.807) is 18.2 Å². The molecule has 0 unspecified atom stereocenters. The van der Waals surface area contributed by atoms with Crippen molar-refractivity contribution in [1.29, 1.82) is 0 Å². The van der Waals surface area contributed by atoms with Gasteiger partial charge in [-0.05, 0) is 36.8 Å². The van der Waals surface area contributed by atoms with Gasteiger partial charge in [0, 0.05) is 16.3 Å². The van der Waals surface area contributed by atoms with E-state index < -0.39 is 11.6 Å². The van der Waals surface area contributed by atoms with Gasteiger partial charge in [0.2, 0.25) is 0 Å². The first-order valence-electron chi connectivity index (χ1n) is 7.82. The van der Waals surface area contributed by atoms with Crippen molar-refractivity contribution >= 4 is 31.5 Å². The summed E-state index contributed by atoms with van der Waals surface area (Å²) in [4.78, 5) is 0. The monoisotopic (exact) mass is 358 g/mol. The minimum absolute atomic E-state index is 0.359. The molecule has 0 aliphatic rings. The Balaban J connectivity index is 2.02. The Kier molecular flexibility index (Phi) is 3.88. The van der Waals surface area contributed by atoms with Gasteiger partial charge in [-0.3, -0.25) is 0 Å². The van der Waals surface area contributed by atoms with E-state index in [1.165, 1.54) is 30.3 Å². The van der Waals surface area contributed by atoms with Crippen molar-refractivity contribution in [2.75, 3.05) is 6.61 Å². The van der Waals surface area contributed by atoms with Crippen LogP contribution in [0.2, 0.25) is 0 Å². The molecular weight excluding hydrogens is 345 g/mol. The van der Waals surface area contributed by atoms with Crippen LogP contribution in [0.4, 0.5) is 13.2 Å². The second kappa shape index (κ2) is 6.08. The molecule has 25 heavy (non-hydrogen) atoms. The van der Waals surface area contributed by atoms with E-state index in [-0.39, 0.29) is 5.82 Å². The number of benzene rings is 3. The molecule has 0 aliphatic carbocycles. The molecule has 3 aromatic carbocycles. The molecular formula is C20H13F3OS. The van der Waals surface area contributed by atoms with Crippen molar-refractivity contribution in [3.05, 3.63) is 66.0 Å². The first-order valence-corrected chi connectivity index (χ1v) is 8.63. The third-order valence-electron chi connectivity index (χ3n) is 4.10. The molecule has 0 fully saturated rings. The Bertz CT molecular complexity index is 1080. The Morgan fingerprint density at radius 1 is 0.880 bits per heavy atom. The Morgan fingerprint density at radius 2 is 1.64 bits per heavy atom. The summed E-state index contributed by atoms with van der Waals surface area (Å²) < 4.78 is 48.8. The summed E-state index contributed by atoms with van der Waals surface area (Å²) in [5, 5.41) is 1.21. The Morgan fingerprint density at radius 3 is 2.36 bits per heavy atom. The summed E-state index contributed by atoms with van der Waals surface area (Å²) in [7, 11) is 0. The van der Waals surface area contributed by atoms with Crippen LogP contribution in [0.5, 0.6) is 5.75 Å². The van der Waals surface area contributed by atoms with Gasteiger partial charge in [0.05, 0.1) is 16.0 Å². The van der Waals surface area contributed by atoms with Crippen LogP contribution in [0, 0.1) is 17.5 Å². The molecule has 4 aromatic rings. The summed E-state index contributed by atoms with van der Waals surface area (Å²) in [5.74, 6) is -0.677. The summed E-state index contributed by atoms with van der Waals surface area (Å²) in [6.07, 6.45) is 0. The molecule has 0 spiro atoms. The minimum Gasteiger partial charge on any atom is -0.493 e. The average molecular weight is 358 g/mol. The fourth-order valence-corrected chi connectivity index (χ4v) is 4.14. The number of ether oxygens (including phenoxy) is 1. The third kappa shape index (κ3) is 2.55. The lowest BCUT2D eigenvalue weighted by Gasteiger charge is -2.07. The normalized spacial score (nSPS) is 11.4. The average Bonchev–Trinajstić information content (AvgIpc) is 3.01. The number of thiophene rings is 1. The minimum atomic E-state index is -0.438. The first kappa shape index (κ1) is 16.0. The number of hydrogen-bond donors (Lipinski definition) is 0. The molecule has 126 valence electrons. The zero-order valence-corrected chi connectivity index (χ0v) is 14.1. The van der Waals surface area contributed by atoms with Gasteiger partial charge < -0.3 is 4.74 Å². The highest BCUT2D eigenvalue weighted by Crippen LogP contribution is 2.43. The highest BCUT2D eigenvalue weighted by molar-refractivity contribution is 7.26. The zero-order valence-electron chi connectivity index (χ0n) is 13.3. The number of fused-ring (bicyclic) bond motifs is 3. The van der Waals surface area contributed by atoms with E-state index in [0.717, 1.165) is 11.3 Å². The maximum atomic E-state index is 15.1.